The summed E-state index contributed by atoms with van der Waals surface area (Å²) in [5, 5.41) is 11.9. The number of alkyl halides is 2. The lowest BCUT2D eigenvalue weighted by atomic mass is 10.3. The third-order valence-corrected chi connectivity index (χ3v) is 2.59. The molecule has 17 heavy (non-hydrogen) atoms. The van der Waals surface area contributed by atoms with Crippen LogP contribution in [0.3, 0.4) is 0 Å². The first kappa shape index (κ1) is 14.1. The van der Waals surface area contributed by atoms with Crippen LogP contribution in [0.2, 0.25) is 5.15 Å². The van der Waals surface area contributed by atoms with E-state index in [1.165, 1.54) is 0 Å². The Morgan fingerprint density at radius 2 is 2.06 bits per heavy atom. The molecule has 96 valence electrons. The minimum Gasteiger partial charge on any atom is -0.385 e. The van der Waals surface area contributed by atoms with Gasteiger partial charge in [0.2, 0.25) is 0 Å². The second kappa shape index (κ2) is 6.07. The highest BCUT2D eigenvalue weighted by Crippen LogP contribution is 2.20. The molecule has 1 rings (SSSR count). The van der Waals surface area contributed by atoms with Crippen molar-refractivity contribution in [3.63, 3.8) is 0 Å². The molecule has 1 heterocycles. The molecule has 7 heteroatoms. The minimum absolute atomic E-state index is 0.283. The quantitative estimate of drug-likeness (QED) is 0.800. The SMILES string of the molecule is CCc1nc(Cl)c(C)c(NCC(O)C(F)F)n1. The van der Waals surface area contributed by atoms with E-state index in [-0.39, 0.29) is 11.7 Å². The van der Waals surface area contributed by atoms with E-state index >= 15 is 0 Å². The number of aliphatic hydroxyl groups is 1. The van der Waals surface area contributed by atoms with Gasteiger partial charge in [0.25, 0.3) is 6.43 Å². The maximum absolute atomic E-state index is 12.1. The van der Waals surface area contributed by atoms with Crippen molar-refractivity contribution in [1.82, 2.24) is 9.97 Å². The van der Waals surface area contributed by atoms with E-state index in [1.54, 1.807) is 6.92 Å². The number of hydrogen-bond donors (Lipinski definition) is 2. The largest absolute Gasteiger partial charge is 0.385 e. The van der Waals surface area contributed by atoms with Gasteiger partial charge in [0.15, 0.2) is 0 Å². The van der Waals surface area contributed by atoms with Crippen molar-refractivity contribution in [2.45, 2.75) is 32.8 Å². The van der Waals surface area contributed by atoms with Gasteiger partial charge in [0.05, 0.1) is 0 Å². The van der Waals surface area contributed by atoms with Gasteiger partial charge >= 0.3 is 0 Å². The Morgan fingerprint density at radius 1 is 1.41 bits per heavy atom. The van der Waals surface area contributed by atoms with Crippen molar-refractivity contribution in [3.05, 3.63) is 16.5 Å². The third kappa shape index (κ3) is 3.74. The summed E-state index contributed by atoms with van der Waals surface area (Å²) in [6.07, 6.45) is -3.93. The van der Waals surface area contributed by atoms with E-state index in [9.17, 15) is 8.78 Å². The highest BCUT2D eigenvalue weighted by atomic mass is 35.5. The fourth-order valence-electron chi connectivity index (χ4n) is 1.15. The van der Waals surface area contributed by atoms with Gasteiger partial charge in [-0.25, -0.2) is 18.7 Å². The van der Waals surface area contributed by atoms with Crippen molar-refractivity contribution in [1.29, 1.82) is 0 Å². The number of aromatic nitrogens is 2. The maximum atomic E-state index is 12.1. The molecule has 0 aliphatic carbocycles. The molecule has 0 aliphatic heterocycles. The second-order valence-electron chi connectivity index (χ2n) is 3.54. The van der Waals surface area contributed by atoms with Crippen LogP contribution < -0.4 is 5.32 Å². The molecule has 0 saturated heterocycles. The number of hydrogen-bond acceptors (Lipinski definition) is 4. The summed E-state index contributed by atoms with van der Waals surface area (Å²) in [7, 11) is 0. The van der Waals surface area contributed by atoms with Crippen molar-refractivity contribution < 1.29 is 13.9 Å². The van der Waals surface area contributed by atoms with Crippen LogP contribution in [-0.2, 0) is 6.42 Å². The number of aryl methyl sites for hydroxylation is 1. The van der Waals surface area contributed by atoms with Crippen LogP contribution in [0.15, 0.2) is 0 Å². The molecule has 4 nitrogen and oxygen atoms in total. The first-order valence-corrected chi connectivity index (χ1v) is 5.56. The molecule has 0 saturated carbocycles. The summed E-state index contributed by atoms with van der Waals surface area (Å²) in [4.78, 5) is 8.14. The van der Waals surface area contributed by atoms with Crippen LogP contribution in [0.5, 0.6) is 0 Å². The summed E-state index contributed by atoms with van der Waals surface area (Å²) in [6, 6.07) is 0. The number of rotatable bonds is 5. The molecular formula is C10H14ClF2N3O. The smallest absolute Gasteiger partial charge is 0.265 e. The number of nitrogens with one attached hydrogen (secondary N) is 1. The molecule has 0 radical (unpaired) electrons. The zero-order chi connectivity index (χ0) is 13.0. The minimum atomic E-state index is -2.79. The fraction of sp³-hybridized carbons (Fsp3) is 0.600. The Hall–Kier alpha value is -1.01. The van der Waals surface area contributed by atoms with E-state index in [0.29, 0.717) is 23.6 Å². The van der Waals surface area contributed by atoms with Crippen molar-refractivity contribution in [3.8, 4) is 0 Å². The zero-order valence-electron chi connectivity index (χ0n) is 9.54. The lowest BCUT2D eigenvalue weighted by Gasteiger charge is -2.14. The molecule has 1 atom stereocenters. The average Bonchev–Trinajstić information content (AvgIpc) is 2.30. The van der Waals surface area contributed by atoms with Gasteiger partial charge in [-0.3, -0.25) is 0 Å². The van der Waals surface area contributed by atoms with Crippen LogP contribution in [-0.4, -0.2) is 34.1 Å². The van der Waals surface area contributed by atoms with E-state index in [2.05, 4.69) is 15.3 Å². The Labute approximate surface area is 103 Å². The predicted octanol–water partition coefficient (Wildman–Crippen LogP) is 2.04. The molecule has 1 aromatic rings. The molecule has 1 unspecified atom stereocenters. The summed E-state index contributed by atoms with van der Waals surface area (Å²) < 4.78 is 24.2. The summed E-state index contributed by atoms with van der Waals surface area (Å²) in [5.41, 5.74) is 0.574. The van der Waals surface area contributed by atoms with Gasteiger partial charge in [-0.05, 0) is 6.92 Å². The monoisotopic (exact) mass is 265 g/mol. The van der Waals surface area contributed by atoms with Crippen LogP contribution >= 0.6 is 11.6 Å². The van der Waals surface area contributed by atoms with E-state index in [4.69, 9.17) is 16.7 Å². The first-order chi connectivity index (χ1) is 7.95. The Balaban J connectivity index is 2.80. The van der Waals surface area contributed by atoms with Crippen LogP contribution in [0.4, 0.5) is 14.6 Å². The topological polar surface area (TPSA) is 58.0 Å². The molecule has 0 amide bonds. The van der Waals surface area contributed by atoms with Gasteiger partial charge in [-0.15, -0.1) is 0 Å². The summed E-state index contributed by atoms with van der Waals surface area (Å²) >= 11 is 5.87. The van der Waals surface area contributed by atoms with Crippen molar-refractivity contribution >= 4 is 17.4 Å². The maximum Gasteiger partial charge on any atom is 0.265 e. The number of aliphatic hydroxyl groups excluding tert-OH is 1. The summed E-state index contributed by atoms with van der Waals surface area (Å²) in [5.74, 6) is 0.899. The molecule has 0 aliphatic rings. The Kier molecular flexibility index (Phi) is 5.02. The second-order valence-corrected chi connectivity index (χ2v) is 3.90. The highest BCUT2D eigenvalue weighted by molar-refractivity contribution is 6.30. The number of halogens is 3. The van der Waals surface area contributed by atoms with E-state index in [0.717, 1.165) is 0 Å². The van der Waals surface area contributed by atoms with Gasteiger partial charge in [-0.1, -0.05) is 18.5 Å². The normalized spacial score (nSPS) is 12.9. The first-order valence-electron chi connectivity index (χ1n) is 5.18. The predicted molar refractivity (Wildman–Crippen MR) is 61.7 cm³/mol. The van der Waals surface area contributed by atoms with Gasteiger partial charge in [-0.2, -0.15) is 0 Å². The lowest BCUT2D eigenvalue weighted by molar-refractivity contribution is 0.00380. The summed E-state index contributed by atoms with van der Waals surface area (Å²) in [6.45, 7) is 3.26. The molecule has 0 fully saturated rings. The molecule has 0 spiro atoms. The van der Waals surface area contributed by atoms with Gasteiger partial charge < -0.3 is 10.4 Å². The van der Waals surface area contributed by atoms with E-state index < -0.39 is 12.5 Å². The highest BCUT2D eigenvalue weighted by Gasteiger charge is 2.17. The van der Waals surface area contributed by atoms with Gasteiger partial charge in [0, 0.05) is 18.5 Å². The number of anilines is 1. The standard InChI is InChI=1S/C10H14ClF2N3O/c1-3-7-15-8(11)5(2)10(16-7)14-4-6(17)9(12)13/h6,9,17H,3-4H2,1-2H3,(H,14,15,16). The van der Waals surface area contributed by atoms with Crippen LogP contribution in [0, 0.1) is 6.92 Å². The van der Waals surface area contributed by atoms with Gasteiger partial charge in [0.1, 0.15) is 22.9 Å². The van der Waals surface area contributed by atoms with E-state index in [1.807, 2.05) is 6.92 Å². The average molecular weight is 266 g/mol. The molecular weight excluding hydrogens is 252 g/mol. The Bertz CT molecular complexity index is 390. The number of nitrogens with zero attached hydrogens (tertiary/aromatic N) is 2. The molecule has 1 aromatic heterocycles. The fourth-order valence-corrected chi connectivity index (χ4v) is 1.34. The lowest BCUT2D eigenvalue weighted by Crippen LogP contribution is -2.27. The molecule has 2 N–H and O–H groups in total. The van der Waals surface area contributed by atoms with Crippen LogP contribution in [0.1, 0.15) is 18.3 Å². The molecule has 0 aromatic carbocycles. The third-order valence-electron chi connectivity index (χ3n) is 2.22. The zero-order valence-corrected chi connectivity index (χ0v) is 10.3. The molecule has 0 bridgehead atoms. The van der Waals surface area contributed by atoms with Crippen molar-refractivity contribution in [2.75, 3.05) is 11.9 Å². The Morgan fingerprint density at radius 3 is 2.59 bits per heavy atom. The van der Waals surface area contributed by atoms with Crippen molar-refractivity contribution in [2.24, 2.45) is 0 Å². The van der Waals surface area contributed by atoms with Crippen LogP contribution in [0.25, 0.3) is 0 Å².